The monoisotopic (exact) mass is 321 g/mol. The van der Waals surface area contributed by atoms with Gasteiger partial charge in [-0.1, -0.05) is 15.9 Å². The zero-order valence-electron chi connectivity index (χ0n) is 9.69. The second-order valence-electron chi connectivity index (χ2n) is 4.40. The predicted octanol–water partition coefficient (Wildman–Crippen LogP) is 3.73. The molecule has 0 heterocycles. The van der Waals surface area contributed by atoms with Crippen LogP contribution in [0.15, 0.2) is 22.7 Å². The third-order valence-corrected chi connectivity index (χ3v) is 3.03. The van der Waals surface area contributed by atoms with Crippen LogP contribution in [0.5, 0.6) is 0 Å². The summed E-state index contributed by atoms with van der Waals surface area (Å²) in [5, 5.41) is 2.76. The van der Waals surface area contributed by atoms with Crippen molar-refractivity contribution >= 4 is 33.4 Å². The number of halogens is 3. The molecule has 1 rings (SSSR count). The highest BCUT2D eigenvalue weighted by atomic mass is 79.9. The van der Waals surface area contributed by atoms with Gasteiger partial charge in [0.1, 0.15) is 5.82 Å². The molecule has 2 nitrogen and oxygen atoms in total. The maximum atomic E-state index is 13.5. The predicted molar refractivity (Wildman–Crippen MR) is 71.0 cm³/mol. The van der Waals surface area contributed by atoms with Crippen molar-refractivity contribution < 1.29 is 9.18 Å². The molecule has 1 aromatic rings. The van der Waals surface area contributed by atoms with Gasteiger partial charge >= 0.3 is 0 Å². The minimum Gasteiger partial charge on any atom is -0.347 e. The van der Waals surface area contributed by atoms with Gasteiger partial charge in [0, 0.05) is 15.9 Å². The van der Waals surface area contributed by atoms with Crippen molar-refractivity contribution in [3.63, 3.8) is 0 Å². The lowest BCUT2D eigenvalue weighted by atomic mass is 10.0. The SMILES string of the molecule is CC(C)(CCCl)NC(=O)c1cc(Br)ccc1F. The second kappa shape index (κ2) is 5.83. The lowest BCUT2D eigenvalue weighted by Crippen LogP contribution is -2.44. The molecule has 0 aliphatic rings. The van der Waals surface area contributed by atoms with Gasteiger partial charge < -0.3 is 5.32 Å². The van der Waals surface area contributed by atoms with Crippen molar-refractivity contribution in [1.29, 1.82) is 0 Å². The minimum atomic E-state index is -0.535. The summed E-state index contributed by atoms with van der Waals surface area (Å²) in [5.74, 6) is -0.528. The van der Waals surface area contributed by atoms with Gasteiger partial charge in [-0.25, -0.2) is 4.39 Å². The Bertz CT molecular complexity index is 423. The molecule has 94 valence electrons. The molecule has 0 atom stereocenters. The maximum Gasteiger partial charge on any atom is 0.254 e. The van der Waals surface area contributed by atoms with Gasteiger partial charge in [0.25, 0.3) is 5.91 Å². The molecule has 0 aliphatic carbocycles. The van der Waals surface area contributed by atoms with E-state index in [-0.39, 0.29) is 5.56 Å². The molecule has 0 fully saturated rings. The van der Waals surface area contributed by atoms with Crippen molar-refractivity contribution in [1.82, 2.24) is 5.32 Å². The number of alkyl halides is 1. The van der Waals surface area contributed by atoms with Crippen molar-refractivity contribution in [2.45, 2.75) is 25.8 Å². The molecule has 1 amide bonds. The number of hydrogen-bond acceptors (Lipinski definition) is 1. The van der Waals surface area contributed by atoms with E-state index < -0.39 is 17.3 Å². The lowest BCUT2D eigenvalue weighted by molar-refractivity contribution is 0.0907. The van der Waals surface area contributed by atoms with Crippen LogP contribution in [0.3, 0.4) is 0 Å². The number of hydrogen-bond donors (Lipinski definition) is 1. The third-order valence-electron chi connectivity index (χ3n) is 2.34. The zero-order valence-corrected chi connectivity index (χ0v) is 12.0. The van der Waals surface area contributed by atoms with Gasteiger partial charge in [-0.05, 0) is 38.5 Å². The van der Waals surface area contributed by atoms with Gasteiger partial charge in [0.2, 0.25) is 0 Å². The Hall–Kier alpha value is -0.610. The van der Waals surface area contributed by atoms with E-state index in [0.29, 0.717) is 16.8 Å². The molecule has 0 saturated carbocycles. The molecular formula is C12H14BrClFNO. The standard InChI is InChI=1S/C12H14BrClFNO/c1-12(2,5-6-14)16-11(17)9-7-8(13)3-4-10(9)15/h3-4,7H,5-6H2,1-2H3,(H,16,17). The molecule has 1 N–H and O–H groups in total. The van der Waals surface area contributed by atoms with Crippen LogP contribution < -0.4 is 5.32 Å². The summed E-state index contributed by atoms with van der Waals surface area (Å²) in [5.41, 5.74) is -0.421. The fourth-order valence-electron chi connectivity index (χ4n) is 1.34. The number of amides is 1. The minimum absolute atomic E-state index is 0.0297. The fourth-order valence-corrected chi connectivity index (χ4v) is 2.18. The normalized spacial score (nSPS) is 11.4. The second-order valence-corrected chi connectivity index (χ2v) is 5.69. The van der Waals surface area contributed by atoms with Crippen LogP contribution in [0, 0.1) is 5.82 Å². The molecule has 1 aromatic carbocycles. The van der Waals surface area contributed by atoms with Crippen LogP contribution in [-0.2, 0) is 0 Å². The molecule has 0 spiro atoms. The Morgan fingerprint density at radius 3 is 2.76 bits per heavy atom. The average Bonchev–Trinajstić information content (AvgIpc) is 2.20. The van der Waals surface area contributed by atoms with Gasteiger partial charge in [-0.15, -0.1) is 11.6 Å². The Labute approximate surface area is 114 Å². The van der Waals surface area contributed by atoms with Crippen LogP contribution >= 0.6 is 27.5 Å². The number of benzene rings is 1. The lowest BCUT2D eigenvalue weighted by Gasteiger charge is -2.25. The first-order chi connectivity index (χ1) is 7.85. The molecule has 0 aliphatic heterocycles. The molecule has 0 unspecified atom stereocenters. The molecule has 0 saturated heterocycles. The number of carbonyl (C=O) groups excluding carboxylic acids is 1. The third kappa shape index (κ3) is 4.28. The molecule has 0 bridgehead atoms. The molecule has 17 heavy (non-hydrogen) atoms. The van der Waals surface area contributed by atoms with Crippen LogP contribution in [0.2, 0.25) is 0 Å². The summed E-state index contributed by atoms with van der Waals surface area (Å²) in [7, 11) is 0. The summed E-state index contributed by atoms with van der Waals surface area (Å²) in [4.78, 5) is 11.9. The quantitative estimate of drug-likeness (QED) is 0.841. The van der Waals surface area contributed by atoms with Crippen molar-refractivity contribution in [2.75, 3.05) is 5.88 Å². The number of rotatable bonds is 4. The first-order valence-corrected chi connectivity index (χ1v) is 6.52. The van der Waals surface area contributed by atoms with E-state index in [1.165, 1.54) is 12.1 Å². The fraction of sp³-hybridized carbons (Fsp3) is 0.417. The summed E-state index contributed by atoms with van der Waals surface area (Å²) in [6.45, 7) is 3.70. The number of carbonyl (C=O) groups is 1. The van der Waals surface area contributed by atoms with Crippen molar-refractivity contribution in [3.8, 4) is 0 Å². The van der Waals surface area contributed by atoms with Gasteiger partial charge in [0.15, 0.2) is 0 Å². The highest BCUT2D eigenvalue weighted by Gasteiger charge is 2.22. The topological polar surface area (TPSA) is 29.1 Å². The summed E-state index contributed by atoms with van der Waals surface area (Å²) in [6.07, 6.45) is 0.621. The van der Waals surface area contributed by atoms with E-state index in [4.69, 9.17) is 11.6 Å². The summed E-state index contributed by atoms with van der Waals surface area (Å²) in [6, 6.07) is 4.27. The highest BCUT2D eigenvalue weighted by Crippen LogP contribution is 2.17. The van der Waals surface area contributed by atoms with E-state index in [9.17, 15) is 9.18 Å². The van der Waals surface area contributed by atoms with Gasteiger partial charge in [-0.3, -0.25) is 4.79 Å². The van der Waals surface area contributed by atoms with E-state index in [1.54, 1.807) is 6.07 Å². The van der Waals surface area contributed by atoms with E-state index in [2.05, 4.69) is 21.2 Å². The smallest absolute Gasteiger partial charge is 0.254 e. The van der Waals surface area contributed by atoms with Crippen LogP contribution in [-0.4, -0.2) is 17.3 Å². The Morgan fingerprint density at radius 2 is 2.18 bits per heavy atom. The summed E-state index contributed by atoms with van der Waals surface area (Å²) < 4.78 is 14.1. The number of nitrogens with one attached hydrogen (secondary N) is 1. The van der Waals surface area contributed by atoms with Crippen LogP contribution in [0.1, 0.15) is 30.6 Å². The average molecular weight is 323 g/mol. The zero-order chi connectivity index (χ0) is 13.1. The maximum absolute atomic E-state index is 13.5. The highest BCUT2D eigenvalue weighted by molar-refractivity contribution is 9.10. The molecular weight excluding hydrogens is 308 g/mol. The molecule has 0 aromatic heterocycles. The molecule has 0 radical (unpaired) electrons. The van der Waals surface area contributed by atoms with Crippen LogP contribution in [0.25, 0.3) is 0 Å². The molecule has 5 heteroatoms. The van der Waals surface area contributed by atoms with Crippen molar-refractivity contribution in [3.05, 3.63) is 34.1 Å². The van der Waals surface area contributed by atoms with Gasteiger partial charge in [-0.2, -0.15) is 0 Å². The first-order valence-electron chi connectivity index (χ1n) is 5.19. The summed E-state index contributed by atoms with van der Waals surface area (Å²) >= 11 is 8.85. The largest absolute Gasteiger partial charge is 0.347 e. The Morgan fingerprint density at radius 1 is 1.53 bits per heavy atom. The van der Waals surface area contributed by atoms with Crippen molar-refractivity contribution in [2.24, 2.45) is 0 Å². The Kier molecular flexibility index (Phi) is 4.95. The van der Waals surface area contributed by atoms with E-state index in [0.717, 1.165) is 0 Å². The van der Waals surface area contributed by atoms with Gasteiger partial charge in [0.05, 0.1) is 5.56 Å². The van der Waals surface area contributed by atoms with E-state index in [1.807, 2.05) is 13.8 Å². The van der Waals surface area contributed by atoms with E-state index >= 15 is 0 Å². The Balaban J connectivity index is 2.86. The van der Waals surface area contributed by atoms with Crippen LogP contribution in [0.4, 0.5) is 4.39 Å². The first kappa shape index (κ1) is 14.5.